The van der Waals surface area contributed by atoms with Crippen LogP contribution in [0.1, 0.15) is 52.6 Å². The number of aromatic amines is 2. The van der Waals surface area contributed by atoms with Gasteiger partial charge in [0.05, 0.1) is 5.69 Å². The van der Waals surface area contributed by atoms with Crippen molar-refractivity contribution in [3.8, 4) is 0 Å². The van der Waals surface area contributed by atoms with E-state index < -0.39 is 0 Å². The Morgan fingerprint density at radius 2 is 1.97 bits per heavy atom. The Morgan fingerprint density at radius 1 is 1.28 bits per heavy atom. The molecule has 0 radical (unpaired) electrons. The van der Waals surface area contributed by atoms with E-state index in [9.17, 15) is 9.59 Å². The fourth-order valence-corrected chi connectivity index (χ4v) is 4.41. The summed E-state index contributed by atoms with van der Waals surface area (Å²) < 4.78 is 5.48. The second-order valence-electron chi connectivity index (χ2n) is 7.54. The van der Waals surface area contributed by atoms with Crippen LogP contribution in [0.2, 0.25) is 5.15 Å². The van der Waals surface area contributed by atoms with Crippen molar-refractivity contribution < 1.29 is 9.53 Å². The number of halogens is 1. The van der Waals surface area contributed by atoms with Crippen LogP contribution < -0.4 is 15.8 Å². The quantitative estimate of drug-likeness (QED) is 0.669. The second kappa shape index (κ2) is 9.05. The van der Waals surface area contributed by atoms with E-state index >= 15 is 0 Å². The molecule has 1 amide bonds. The average molecular weight is 421 g/mol. The molecule has 7 nitrogen and oxygen atoms in total. The molecule has 0 spiro atoms. The van der Waals surface area contributed by atoms with Crippen molar-refractivity contribution in [2.45, 2.75) is 53.1 Å². The number of H-pyrrole nitrogens is 2. The highest BCUT2D eigenvalue weighted by atomic mass is 35.5. The number of carbonyl (C=O) groups excluding carboxylic acids is 1. The van der Waals surface area contributed by atoms with E-state index in [0.717, 1.165) is 55.1 Å². The van der Waals surface area contributed by atoms with E-state index in [1.165, 1.54) is 0 Å². The molecule has 1 aliphatic heterocycles. The van der Waals surface area contributed by atoms with Gasteiger partial charge in [-0.05, 0) is 52.2 Å². The Balaban J connectivity index is 1.80. The van der Waals surface area contributed by atoms with Crippen LogP contribution in [0.15, 0.2) is 10.9 Å². The number of nitrogens with one attached hydrogen (secondary N) is 3. The molecule has 3 rings (SSSR count). The van der Waals surface area contributed by atoms with Gasteiger partial charge in [-0.3, -0.25) is 9.59 Å². The van der Waals surface area contributed by atoms with Crippen LogP contribution in [-0.2, 0) is 11.3 Å². The first-order valence-corrected chi connectivity index (χ1v) is 10.4. The number of pyridine rings is 1. The SMILES string of the molecule is CCN(c1c(Cl)[nH]c(C(=O)NCc2c(C)cc(C)[nH]c2=O)c1C)C1CCOCC1. The number of carbonyl (C=O) groups is 1. The van der Waals surface area contributed by atoms with Crippen molar-refractivity contribution in [2.24, 2.45) is 0 Å². The van der Waals surface area contributed by atoms with Crippen LogP contribution in [0.3, 0.4) is 0 Å². The van der Waals surface area contributed by atoms with E-state index in [2.05, 4.69) is 27.1 Å². The summed E-state index contributed by atoms with van der Waals surface area (Å²) in [5, 5.41) is 3.31. The van der Waals surface area contributed by atoms with Crippen molar-refractivity contribution in [3.05, 3.63) is 49.7 Å². The van der Waals surface area contributed by atoms with Crippen LogP contribution in [0.4, 0.5) is 5.69 Å². The first-order chi connectivity index (χ1) is 13.8. The summed E-state index contributed by atoms with van der Waals surface area (Å²) in [6, 6.07) is 2.23. The highest BCUT2D eigenvalue weighted by Gasteiger charge is 2.27. The largest absolute Gasteiger partial charge is 0.381 e. The van der Waals surface area contributed by atoms with Gasteiger partial charge in [0, 0.05) is 49.2 Å². The van der Waals surface area contributed by atoms with Gasteiger partial charge in [-0.2, -0.15) is 0 Å². The van der Waals surface area contributed by atoms with Gasteiger partial charge in [-0.1, -0.05) is 11.6 Å². The third-order valence-corrected chi connectivity index (χ3v) is 5.85. The number of ether oxygens (including phenoxy) is 1. The van der Waals surface area contributed by atoms with Gasteiger partial charge >= 0.3 is 0 Å². The standard InChI is InChI=1S/C21H29ClN4O3/c1-5-26(15-6-8-29-9-7-15)18-14(4)17(25-19(18)22)21(28)23-11-16-12(2)10-13(3)24-20(16)27/h10,15,25H,5-9,11H2,1-4H3,(H,23,28)(H,24,27). The van der Waals surface area contributed by atoms with E-state index in [4.69, 9.17) is 16.3 Å². The number of aryl methyl sites for hydroxylation is 2. The van der Waals surface area contributed by atoms with Crippen molar-refractivity contribution in [2.75, 3.05) is 24.7 Å². The highest BCUT2D eigenvalue weighted by Crippen LogP contribution is 2.35. The lowest BCUT2D eigenvalue weighted by atomic mass is 10.1. The molecule has 29 heavy (non-hydrogen) atoms. The molecule has 1 fully saturated rings. The molecule has 0 aliphatic carbocycles. The Kier molecular flexibility index (Phi) is 6.70. The molecular formula is C21H29ClN4O3. The van der Waals surface area contributed by atoms with Gasteiger partial charge in [0.2, 0.25) is 0 Å². The number of nitrogens with zero attached hydrogens (tertiary/aromatic N) is 1. The van der Waals surface area contributed by atoms with Gasteiger partial charge in [0.15, 0.2) is 0 Å². The maximum Gasteiger partial charge on any atom is 0.268 e. The lowest BCUT2D eigenvalue weighted by Gasteiger charge is -2.35. The molecule has 0 aromatic carbocycles. The first kappa shape index (κ1) is 21.5. The van der Waals surface area contributed by atoms with Crippen molar-refractivity contribution >= 4 is 23.2 Å². The molecule has 3 heterocycles. The monoisotopic (exact) mass is 420 g/mol. The van der Waals surface area contributed by atoms with Crippen molar-refractivity contribution in [1.29, 1.82) is 0 Å². The molecular weight excluding hydrogens is 392 g/mol. The highest BCUT2D eigenvalue weighted by molar-refractivity contribution is 6.33. The minimum Gasteiger partial charge on any atom is -0.381 e. The molecule has 3 N–H and O–H groups in total. The maximum absolute atomic E-state index is 12.8. The molecule has 0 unspecified atom stereocenters. The molecule has 0 saturated carbocycles. The van der Waals surface area contributed by atoms with Crippen LogP contribution in [0.5, 0.6) is 0 Å². The summed E-state index contributed by atoms with van der Waals surface area (Å²) in [4.78, 5) is 33.1. The number of rotatable bonds is 6. The van der Waals surface area contributed by atoms with Crippen molar-refractivity contribution in [1.82, 2.24) is 15.3 Å². The van der Waals surface area contributed by atoms with Gasteiger partial charge in [-0.25, -0.2) is 0 Å². The normalized spacial score (nSPS) is 14.8. The predicted octanol–water partition coefficient (Wildman–Crippen LogP) is 3.22. The molecule has 0 atom stereocenters. The fraction of sp³-hybridized carbons (Fsp3) is 0.524. The summed E-state index contributed by atoms with van der Waals surface area (Å²) in [5.74, 6) is -0.280. The summed E-state index contributed by atoms with van der Waals surface area (Å²) in [6.07, 6.45) is 1.87. The first-order valence-electron chi connectivity index (χ1n) is 10.0. The van der Waals surface area contributed by atoms with Crippen LogP contribution in [0, 0.1) is 20.8 Å². The molecule has 0 bridgehead atoms. The van der Waals surface area contributed by atoms with Gasteiger partial charge in [-0.15, -0.1) is 0 Å². The number of amides is 1. The number of aromatic nitrogens is 2. The Morgan fingerprint density at radius 3 is 2.59 bits per heavy atom. The van der Waals surface area contributed by atoms with E-state index in [1.807, 2.05) is 26.8 Å². The van der Waals surface area contributed by atoms with Crippen LogP contribution in [-0.4, -0.2) is 41.7 Å². The average Bonchev–Trinajstić information content (AvgIpc) is 2.97. The van der Waals surface area contributed by atoms with E-state index in [-0.39, 0.29) is 18.0 Å². The molecule has 2 aromatic heterocycles. The fourth-order valence-electron chi connectivity index (χ4n) is 4.07. The smallest absolute Gasteiger partial charge is 0.268 e. The molecule has 8 heteroatoms. The van der Waals surface area contributed by atoms with E-state index in [0.29, 0.717) is 22.5 Å². The van der Waals surface area contributed by atoms with Crippen molar-refractivity contribution in [3.63, 3.8) is 0 Å². The predicted molar refractivity (Wildman–Crippen MR) is 115 cm³/mol. The topological polar surface area (TPSA) is 90.2 Å². The van der Waals surface area contributed by atoms with Crippen LogP contribution in [0.25, 0.3) is 0 Å². The minimum atomic E-state index is -0.280. The Hall–Kier alpha value is -2.25. The molecule has 2 aromatic rings. The number of hydrogen-bond acceptors (Lipinski definition) is 4. The zero-order valence-electron chi connectivity index (χ0n) is 17.4. The van der Waals surface area contributed by atoms with E-state index in [1.54, 1.807) is 0 Å². The molecule has 158 valence electrons. The summed E-state index contributed by atoms with van der Waals surface area (Å²) in [7, 11) is 0. The molecule has 1 aliphatic rings. The summed E-state index contributed by atoms with van der Waals surface area (Å²) in [6.45, 7) is 10.1. The Labute approximate surface area is 175 Å². The third kappa shape index (κ3) is 4.51. The van der Waals surface area contributed by atoms with Gasteiger partial charge in [0.25, 0.3) is 11.5 Å². The lowest BCUT2D eigenvalue weighted by Crippen LogP contribution is -2.39. The maximum atomic E-state index is 12.8. The summed E-state index contributed by atoms with van der Waals surface area (Å²) in [5.41, 5.74) is 4.14. The zero-order chi connectivity index (χ0) is 21.1. The van der Waals surface area contributed by atoms with Crippen LogP contribution >= 0.6 is 11.6 Å². The lowest BCUT2D eigenvalue weighted by molar-refractivity contribution is 0.0846. The minimum absolute atomic E-state index is 0.156. The Bertz CT molecular complexity index is 944. The van der Waals surface area contributed by atoms with Gasteiger partial charge in [0.1, 0.15) is 10.8 Å². The zero-order valence-corrected chi connectivity index (χ0v) is 18.2. The van der Waals surface area contributed by atoms with Gasteiger partial charge < -0.3 is 24.9 Å². The molecule has 1 saturated heterocycles. The third-order valence-electron chi connectivity index (χ3n) is 5.58. The number of anilines is 1. The summed E-state index contributed by atoms with van der Waals surface area (Å²) >= 11 is 6.51. The second-order valence-corrected chi connectivity index (χ2v) is 7.92. The number of hydrogen-bond donors (Lipinski definition) is 3.